The van der Waals surface area contributed by atoms with Crippen LogP contribution in [-0.4, -0.2) is 5.97 Å². The van der Waals surface area contributed by atoms with Gasteiger partial charge in [-0.15, -0.1) is 0 Å². The lowest BCUT2D eigenvalue weighted by atomic mass is 10.1. The summed E-state index contributed by atoms with van der Waals surface area (Å²) in [5.41, 5.74) is 3.23. The molecule has 0 spiro atoms. The molecule has 0 radical (unpaired) electrons. The van der Waals surface area contributed by atoms with E-state index in [1.165, 1.54) is 12.3 Å². The van der Waals surface area contributed by atoms with E-state index in [4.69, 9.17) is 9.47 Å². The van der Waals surface area contributed by atoms with E-state index in [2.05, 4.69) is 0 Å². The molecule has 3 nitrogen and oxygen atoms in total. The molecule has 0 N–H and O–H groups in total. The molecule has 0 aliphatic rings. The van der Waals surface area contributed by atoms with Crippen LogP contribution in [0.25, 0.3) is 11.1 Å². The summed E-state index contributed by atoms with van der Waals surface area (Å²) < 4.78 is 10.6. The van der Waals surface area contributed by atoms with Crippen LogP contribution < -0.4 is 4.74 Å². The summed E-state index contributed by atoms with van der Waals surface area (Å²) in [7, 11) is 0. The van der Waals surface area contributed by atoms with Gasteiger partial charge in [-0.05, 0) is 28.8 Å². The lowest BCUT2D eigenvalue weighted by Gasteiger charge is -2.04. The number of hydrogen-bond acceptors (Lipinski definition) is 3. The van der Waals surface area contributed by atoms with E-state index < -0.39 is 5.97 Å². The normalized spacial score (nSPS) is 10.6. The van der Waals surface area contributed by atoms with Crippen LogP contribution in [0.5, 0.6) is 5.75 Å². The van der Waals surface area contributed by atoms with Gasteiger partial charge in [-0.25, -0.2) is 4.79 Å². The minimum atomic E-state index is -0.472. The zero-order chi connectivity index (χ0) is 17.3. The zero-order valence-corrected chi connectivity index (χ0v) is 13.7. The second-order valence-electron chi connectivity index (χ2n) is 5.41. The van der Waals surface area contributed by atoms with Crippen LogP contribution in [0.4, 0.5) is 0 Å². The van der Waals surface area contributed by atoms with Gasteiger partial charge in [0.25, 0.3) is 0 Å². The Bertz CT molecular complexity index is 822. The fraction of sp³-hybridized carbons (Fsp3) is 0.0455. The van der Waals surface area contributed by atoms with Gasteiger partial charge in [0.1, 0.15) is 12.4 Å². The maximum atomic E-state index is 11.8. The molecular formula is C22H18O3. The van der Waals surface area contributed by atoms with E-state index in [-0.39, 0.29) is 0 Å². The molecule has 0 heterocycles. The smallest absolute Gasteiger partial charge is 0.339 e. The van der Waals surface area contributed by atoms with Crippen LogP contribution in [0.2, 0.25) is 0 Å². The van der Waals surface area contributed by atoms with Crippen molar-refractivity contribution in [3.05, 3.63) is 103 Å². The first kappa shape index (κ1) is 16.5. The average Bonchev–Trinajstić information content (AvgIpc) is 2.67. The van der Waals surface area contributed by atoms with Crippen molar-refractivity contribution in [3.8, 4) is 16.9 Å². The predicted molar refractivity (Wildman–Crippen MR) is 97.9 cm³/mol. The summed E-state index contributed by atoms with van der Waals surface area (Å²) in [6, 6.07) is 27.2. The van der Waals surface area contributed by atoms with Gasteiger partial charge in [-0.1, -0.05) is 72.8 Å². The van der Waals surface area contributed by atoms with E-state index in [9.17, 15) is 4.79 Å². The maximum Gasteiger partial charge on any atom is 0.339 e. The third kappa shape index (κ3) is 5.08. The molecule has 0 amide bonds. The van der Waals surface area contributed by atoms with Gasteiger partial charge in [-0.2, -0.15) is 0 Å². The van der Waals surface area contributed by atoms with Crippen LogP contribution in [-0.2, 0) is 16.1 Å². The molecule has 3 heteroatoms. The number of carbonyl (C=O) groups excluding carboxylic acids is 1. The van der Waals surface area contributed by atoms with Gasteiger partial charge in [0, 0.05) is 0 Å². The first-order valence-corrected chi connectivity index (χ1v) is 8.01. The summed E-state index contributed by atoms with van der Waals surface area (Å²) >= 11 is 0. The van der Waals surface area contributed by atoms with Crippen molar-refractivity contribution in [1.29, 1.82) is 0 Å². The van der Waals surface area contributed by atoms with Crippen LogP contribution in [0, 0.1) is 0 Å². The summed E-state index contributed by atoms with van der Waals surface area (Å²) in [4.78, 5) is 11.8. The molecule has 124 valence electrons. The van der Waals surface area contributed by atoms with Gasteiger partial charge in [0.05, 0.1) is 12.3 Å². The molecule has 0 atom stereocenters. The number of esters is 1. The highest BCUT2D eigenvalue weighted by Gasteiger charge is 2.02. The van der Waals surface area contributed by atoms with Crippen LogP contribution in [0.3, 0.4) is 0 Å². The second-order valence-corrected chi connectivity index (χ2v) is 5.41. The predicted octanol–water partition coefficient (Wildman–Crippen LogP) is 4.99. The van der Waals surface area contributed by atoms with Crippen molar-refractivity contribution in [2.24, 2.45) is 0 Å². The summed E-state index contributed by atoms with van der Waals surface area (Å²) in [6.45, 7) is 0.413. The molecule has 0 bridgehead atoms. The lowest BCUT2D eigenvalue weighted by Crippen LogP contribution is -2.03. The Labute approximate surface area is 147 Å². The number of ether oxygens (including phenoxy) is 2. The summed E-state index contributed by atoms with van der Waals surface area (Å²) in [6.07, 6.45) is 2.63. The minimum Gasteiger partial charge on any atom is -0.496 e. The first-order chi connectivity index (χ1) is 12.3. The highest BCUT2D eigenvalue weighted by molar-refractivity contribution is 5.83. The third-order valence-corrected chi connectivity index (χ3v) is 3.57. The number of rotatable bonds is 6. The Morgan fingerprint density at radius 3 is 2.04 bits per heavy atom. The SMILES string of the molecule is O=C(C=COCc1ccccc1)Oc1ccc(-c2ccccc2)cc1. The fourth-order valence-corrected chi connectivity index (χ4v) is 2.32. The minimum absolute atomic E-state index is 0.413. The lowest BCUT2D eigenvalue weighted by molar-refractivity contribution is -0.129. The molecule has 25 heavy (non-hydrogen) atoms. The van der Waals surface area contributed by atoms with Crippen molar-refractivity contribution < 1.29 is 14.3 Å². The average molecular weight is 330 g/mol. The molecule has 0 aliphatic heterocycles. The molecular weight excluding hydrogens is 312 g/mol. The molecule has 3 aromatic carbocycles. The standard InChI is InChI=1S/C22H18O3/c23-22(15-16-24-17-18-7-3-1-4-8-18)25-21-13-11-20(12-14-21)19-9-5-2-6-10-19/h1-16H,17H2. The highest BCUT2D eigenvalue weighted by Crippen LogP contribution is 2.22. The van der Waals surface area contributed by atoms with Crippen LogP contribution in [0.15, 0.2) is 97.3 Å². The largest absolute Gasteiger partial charge is 0.496 e. The second kappa shape index (κ2) is 8.50. The zero-order valence-electron chi connectivity index (χ0n) is 13.7. The van der Waals surface area contributed by atoms with E-state index >= 15 is 0 Å². The molecule has 0 aliphatic carbocycles. The third-order valence-electron chi connectivity index (χ3n) is 3.57. The molecule has 0 saturated heterocycles. The fourth-order valence-electron chi connectivity index (χ4n) is 2.32. The first-order valence-electron chi connectivity index (χ1n) is 8.01. The molecule has 0 fully saturated rings. The van der Waals surface area contributed by atoms with Crippen molar-refractivity contribution in [1.82, 2.24) is 0 Å². The Balaban J connectivity index is 1.50. The van der Waals surface area contributed by atoms with Crippen molar-refractivity contribution in [2.45, 2.75) is 6.61 Å². The van der Waals surface area contributed by atoms with Gasteiger partial charge in [-0.3, -0.25) is 0 Å². The van der Waals surface area contributed by atoms with Crippen molar-refractivity contribution >= 4 is 5.97 Å². The summed E-state index contributed by atoms with van der Waals surface area (Å²) in [5, 5.41) is 0. The summed E-state index contributed by atoms with van der Waals surface area (Å²) in [5.74, 6) is 0.0258. The van der Waals surface area contributed by atoms with E-state index in [0.717, 1.165) is 16.7 Å². The van der Waals surface area contributed by atoms with Gasteiger partial charge in [0.15, 0.2) is 0 Å². The maximum absolute atomic E-state index is 11.8. The Morgan fingerprint density at radius 2 is 1.36 bits per heavy atom. The van der Waals surface area contributed by atoms with Crippen molar-refractivity contribution in [2.75, 3.05) is 0 Å². The van der Waals surface area contributed by atoms with Gasteiger partial charge in [0.2, 0.25) is 0 Å². The Hall–Kier alpha value is -3.33. The number of hydrogen-bond donors (Lipinski definition) is 0. The Morgan fingerprint density at radius 1 is 0.760 bits per heavy atom. The molecule has 0 unspecified atom stereocenters. The topological polar surface area (TPSA) is 35.5 Å². The molecule has 0 saturated carbocycles. The van der Waals surface area contributed by atoms with Gasteiger partial charge >= 0.3 is 5.97 Å². The Kier molecular flexibility index (Phi) is 5.62. The quantitative estimate of drug-likeness (QED) is 0.276. The molecule has 3 rings (SSSR count). The van der Waals surface area contributed by atoms with Crippen LogP contribution >= 0.6 is 0 Å². The molecule has 0 aromatic heterocycles. The van der Waals surface area contributed by atoms with E-state index in [1.807, 2.05) is 72.8 Å². The number of benzene rings is 3. The molecule has 3 aromatic rings. The van der Waals surface area contributed by atoms with Crippen molar-refractivity contribution in [3.63, 3.8) is 0 Å². The van der Waals surface area contributed by atoms with E-state index in [1.54, 1.807) is 12.1 Å². The van der Waals surface area contributed by atoms with Crippen LogP contribution in [0.1, 0.15) is 5.56 Å². The highest BCUT2D eigenvalue weighted by atomic mass is 16.5. The van der Waals surface area contributed by atoms with E-state index in [0.29, 0.717) is 12.4 Å². The monoisotopic (exact) mass is 330 g/mol. The number of carbonyl (C=O) groups is 1. The van der Waals surface area contributed by atoms with Gasteiger partial charge < -0.3 is 9.47 Å².